The lowest BCUT2D eigenvalue weighted by Gasteiger charge is -2.02. The largest absolute Gasteiger partial charge is 0.461 e. The Morgan fingerprint density at radius 2 is 2.00 bits per heavy atom. The molecule has 1 aromatic heterocycles. The molecule has 2 heteroatoms. The third kappa shape index (κ3) is 1.23. The van der Waals surface area contributed by atoms with Crippen LogP contribution in [0.5, 0.6) is 0 Å². The van der Waals surface area contributed by atoms with Gasteiger partial charge in [0.25, 0.3) is 0 Å². The summed E-state index contributed by atoms with van der Waals surface area (Å²) in [7, 11) is 0. The number of benzene rings is 1. The molecule has 1 aromatic carbocycles. The van der Waals surface area contributed by atoms with E-state index in [0.717, 1.165) is 22.3 Å². The van der Waals surface area contributed by atoms with Gasteiger partial charge in [-0.1, -0.05) is 18.2 Å². The van der Waals surface area contributed by atoms with E-state index < -0.39 is 0 Å². The van der Waals surface area contributed by atoms with E-state index >= 15 is 0 Å². The fraction of sp³-hybridized carbons (Fsp3) is 0.273. The van der Waals surface area contributed by atoms with Crippen molar-refractivity contribution < 1.29 is 4.42 Å². The molecule has 2 rings (SSSR count). The van der Waals surface area contributed by atoms with E-state index in [2.05, 4.69) is 0 Å². The van der Waals surface area contributed by atoms with Crippen LogP contribution in [0.15, 0.2) is 28.7 Å². The highest BCUT2D eigenvalue weighted by Crippen LogP contribution is 2.28. The molecule has 0 aliphatic carbocycles. The van der Waals surface area contributed by atoms with Crippen molar-refractivity contribution in [2.24, 2.45) is 5.73 Å². The molecule has 0 radical (unpaired) electrons. The Morgan fingerprint density at radius 3 is 2.69 bits per heavy atom. The predicted octanol–water partition coefficient (Wildman–Crippen LogP) is 2.76. The molecular formula is C11H13NO. The molecule has 13 heavy (non-hydrogen) atoms. The zero-order chi connectivity index (χ0) is 9.42. The minimum Gasteiger partial charge on any atom is -0.461 e. The molecule has 0 amide bonds. The third-order valence-electron chi connectivity index (χ3n) is 2.27. The van der Waals surface area contributed by atoms with E-state index in [1.54, 1.807) is 0 Å². The second-order valence-corrected chi connectivity index (χ2v) is 3.36. The topological polar surface area (TPSA) is 39.2 Å². The van der Waals surface area contributed by atoms with Crippen molar-refractivity contribution in [1.29, 1.82) is 0 Å². The van der Waals surface area contributed by atoms with Gasteiger partial charge in [0.05, 0.1) is 0 Å². The Kier molecular flexibility index (Phi) is 1.85. The van der Waals surface area contributed by atoms with Crippen molar-refractivity contribution in [2.75, 3.05) is 0 Å². The van der Waals surface area contributed by atoms with Gasteiger partial charge < -0.3 is 10.2 Å². The van der Waals surface area contributed by atoms with Crippen LogP contribution in [0, 0.1) is 6.92 Å². The van der Waals surface area contributed by atoms with Crippen molar-refractivity contribution >= 4 is 11.0 Å². The molecule has 0 spiro atoms. The Labute approximate surface area is 77.3 Å². The second-order valence-electron chi connectivity index (χ2n) is 3.36. The van der Waals surface area contributed by atoms with Gasteiger partial charge in [0.15, 0.2) is 0 Å². The molecule has 2 aromatic rings. The molecule has 0 fully saturated rings. The number of hydrogen-bond donors (Lipinski definition) is 1. The van der Waals surface area contributed by atoms with Crippen molar-refractivity contribution in [3.05, 3.63) is 35.6 Å². The lowest BCUT2D eigenvalue weighted by atomic mass is 10.1. The predicted molar refractivity (Wildman–Crippen MR) is 53.6 cm³/mol. The van der Waals surface area contributed by atoms with Gasteiger partial charge in [0, 0.05) is 17.0 Å². The Morgan fingerprint density at radius 1 is 1.31 bits per heavy atom. The number of aryl methyl sites for hydroxylation is 1. The first-order chi connectivity index (χ1) is 6.20. The lowest BCUT2D eigenvalue weighted by Crippen LogP contribution is -2.05. The molecule has 0 aliphatic rings. The van der Waals surface area contributed by atoms with E-state index in [1.807, 2.05) is 38.1 Å². The number of rotatable bonds is 1. The summed E-state index contributed by atoms with van der Waals surface area (Å²) in [5.74, 6) is 0.927. The first-order valence-electron chi connectivity index (χ1n) is 4.43. The molecule has 2 nitrogen and oxygen atoms in total. The Bertz CT molecular complexity index is 429. The molecule has 68 valence electrons. The van der Waals surface area contributed by atoms with Gasteiger partial charge >= 0.3 is 0 Å². The zero-order valence-electron chi connectivity index (χ0n) is 7.87. The van der Waals surface area contributed by atoms with Gasteiger partial charge in [-0.2, -0.15) is 0 Å². The highest BCUT2D eigenvalue weighted by atomic mass is 16.3. The van der Waals surface area contributed by atoms with Gasteiger partial charge in [0.1, 0.15) is 11.3 Å². The van der Waals surface area contributed by atoms with Gasteiger partial charge in [-0.25, -0.2) is 0 Å². The fourth-order valence-corrected chi connectivity index (χ4v) is 1.75. The number of para-hydroxylation sites is 1. The summed E-state index contributed by atoms with van der Waals surface area (Å²) in [5, 5.41) is 1.13. The molecule has 0 unspecified atom stereocenters. The first-order valence-corrected chi connectivity index (χ1v) is 4.43. The van der Waals surface area contributed by atoms with Crippen molar-refractivity contribution in [1.82, 2.24) is 0 Å². The standard InChI is InChI=1S/C11H13NO/c1-7(12)11-8(2)13-10-6-4-3-5-9(10)11/h3-7H,12H2,1-2H3/t7-/m0/s1. The highest BCUT2D eigenvalue weighted by Gasteiger charge is 2.12. The molecule has 2 N–H and O–H groups in total. The molecule has 0 saturated carbocycles. The minimum absolute atomic E-state index is 0.0312. The maximum Gasteiger partial charge on any atom is 0.134 e. The zero-order valence-corrected chi connectivity index (χ0v) is 7.87. The smallest absolute Gasteiger partial charge is 0.134 e. The van der Waals surface area contributed by atoms with Crippen LogP contribution in [0.4, 0.5) is 0 Å². The SMILES string of the molecule is Cc1oc2ccccc2c1[C@H](C)N. The number of fused-ring (bicyclic) bond motifs is 1. The van der Waals surface area contributed by atoms with Crippen molar-refractivity contribution in [3.8, 4) is 0 Å². The van der Waals surface area contributed by atoms with Crippen LogP contribution in [-0.2, 0) is 0 Å². The quantitative estimate of drug-likeness (QED) is 0.723. The maximum absolute atomic E-state index is 5.87. The Hall–Kier alpha value is -1.28. The Balaban J connectivity index is 2.78. The van der Waals surface area contributed by atoms with E-state index in [-0.39, 0.29) is 6.04 Å². The molecule has 0 bridgehead atoms. The van der Waals surface area contributed by atoms with Gasteiger partial charge in [-0.05, 0) is 19.9 Å². The monoisotopic (exact) mass is 175 g/mol. The molecule has 1 heterocycles. The van der Waals surface area contributed by atoms with Gasteiger partial charge in [-0.3, -0.25) is 0 Å². The number of furan rings is 1. The van der Waals surface area contributed by atoms with Crippen LogP contribution in [0.3, 0.4) is 0 Å². The van der Waals surface area contributed by atoms with E-state index in [1.165, 1.54) is 0 Å². The van der Waals surface area contributed by atoms with Crippen LogP contribution in [0.2, 0.25) is 0 Å². The molecular weight excluding hydrogens is 162 g/mol. The average Bonchev–Trinajstić information content (AvgIpc) is 2.39. The average molecular weight is 175 g/mol. The fourth-order valence-electron chi connectivity index (χ4n) is 1.75. The summed E-state index contributed by atoms with van der Waals surface area (Å²) >= 11 is 0. The second kappa shape index (κ2) is 2.89. The van der Waals surface area contributed by atoms with Crippen molar-refractivity contribution in [2.45, 2.75) is 19.9 Å². The summed E-state index contributed by atoms with van der Waals surface area (Å²) in [5.41, 5.74) is 7.91. The van der Waals surface area contributed by atoms with Crippen LogP contribution in [0.1, 0.15) is 24.3 Å². The molecule has 0 saturated heterocycles. The number of nitrogens with two attached hydrogens (primary N) is 1. The van der Waals surface area contributed by atoms with Crippen LogP contribution in [0.25, 0.3) is 11.0 Å². The normalized spacial score (nSPS) is 13.5. The minimum atomic E-state index is 0.0312. The van der Waals surface area contributed by atoms with Crippen molar-refractivity contribution in [3.63, 3.8) is 0 Å². The van der Waals surface area contributed by atoms with Gasteiger partial charge in [-0.15, -0.1) is 0 Å². The molecule has 0 aliphatic heterocycles. The maximum atomic E-state index is 5.87. The van der Waals surface area contributed by atoms with Crippen LogP contribution in [-0.4, -0.2) is 0 Å². The first kappa shape index (κ1) is 8.32. The van der Waals surface area contributed by atoms with Gasteiger partial charge in [0.2, 0.25) is 0 Å². The molecule has 1 atom stereocenters. The third-order valence-corrected chi connectivity index (χ3v) is 2.27. The van der Waals surface area contributed by atoms with E-state index in [4.69, 9.17) is 10.2 Å². The van der Waals surface area contributed by atoms with E-state index in [0.29, 0.717) is 0 Å². The summed E-state index contributed by atoms with van der Waals surface area (Å²) in [6.07, 6.45) is 0. The summed E-state index contributed by atoms with van der Waals surface area (Å²) in [6.45, 7) is 3.93. The van der Waals surface area contributed by atoms with Crippen LogP contribution < -0.4 is 5.73 Å². The van der Waals surface area contributed by atoms with E-state index in [9.17, 15) is 0 Å². The highest BCUT2D eigenvalue weighted by molar-refractivity contribution is 5.82. The summed E-state index contributed by atoms with van der Waals surface area (Å²) < 4.78 is 5.58. The summed E-state index contributed by atoms with van der Waals surface area (Å²) in [6, 6.07) is 8.02. The number of hydrogen-bond acceptors (Lipinski definition) is 2. The van der Waals surface area contributed by atoms with Crippen LogP contribution >= 0.6 is 0 Å². The summed E-state index contributed by atoms with van der Waals surface area (Å²) in [4.78, 5) is 0. The lowest BCUT2D eigenvalue weighted by molar-refractivity contribution is 0.566.